The van der Waals surface area contributed by atoms with Crippen molar-refractivity contribution in [2.75, 3.05) is 23.9 Å². The van der Waals surface area contributed by atoms with E-state index in [9.17, 15) is 18.5 Å². The number of benzene rings is 1. The lowest BCUT2D eigenvalue weighted by atomic mass is 10.2. The van der Waals surface area contributed by atoms with E-state index in [4.69, 9.17) is 0 Å². The van der Waals surface area contributed by atoms with Gasteiger partial charge in [0.05, 0.1) is 10.7 Å². The van der Waals surface area contributed by atoms with Gasteiger partial charge in [-0.3, -0.25) is 10.1 Å². The fraction of sp³-hybridized carbons (Fsp3) is 0.455. The summed E-state index contributed by atoms with van der Waals surface area (Å²) in [4.78, 5) is 10.2. The molecule has 0 radical (unpaired) electrons. The molecule has 0 aromatic heterocycles. The zero-order chi connectivity index (χ0) is 13.8. The molecule has 6 nitrogen and oxygen atoms in total. The molecule has 0 bridgehead atoms. The number of nitrogens with one attached hydrogen (secondary N) is 1. The minimum absolute atomic E-state index is 0.0196. The number of aryl methyl sites for hydroxylation is 1. The monoisotopic (exact) mass is 272 g/mol. The van der Waals surface area contributed by atoms with Crippen molar-refractivity contribution >= 4 is 21.2 Å². The number of rotatable bonds is 6. The molecule has 0 saturated carbocycles. The van der Waals surface area contributed by atoms with Crippen LogP contribution in [0.5, 0.6) is 0 Å². The van der Waals surface area contributed by atoms with Gasteiger partial charge in [0.25, 0.3) is 5.69 Å². The van der Waals surface area contributed by atoms with E-state index in [1.807, 2.05) is 6.92 Å². The van der Waals surface area contributed by atoms with Gasteiger partial charge in [-0.05, 0) is 18.9 Å². The number of nitro groups is 1. The van der Waals surface area contributed by atoms with Gasteiger partial charge in [-0.15, -0.1) is 0 Å². The highest BCUT2D eigenvalue weighted by Gasteiger charge is 2.08. The van der Waals surface area contributed by atoms with Crippen LogP contribution in [0.1, 0.15) is 12.0 Å². The second kappa shape index (κ2) is 5.81. The molecular weight excluding hydrogens is 256 g/mol. The van der Waals surface area contributed by atoms with Gasteiger partial charge in [-0.25, -0.2) is 8.42 Å². The normalized spacial score (nSPS) is 11.2. The predicted octanol–water partition coefficient (Wildman–Crippen LogP) is 1.75. The van der Waals surface area contributed by atoms with Crippen LogP contribution in [0.3, 0.4) is 0 Å². The standard InChI is InChI=1S/C11H16N2O4S/c1-9-4-5-10(13(14)15)8-11(9)12-6-3-7-18(2,16)17/h4-5,8,12H,3,6-7H2,1-2H3. The molecule has 1 aromatic rings. The van der Waals surface area contributed by atoms with E-state index in [0.29, 0.717) is 18.7 Å². The van der Waals surface area contributed by atoms with Gasteiger partial charge in [0.1, 0.15) is 9.84 Å². The van der Waals surface area contributed by atoms with Crippen LogP contribution in [0.15, 0.2) is 18.2 Å². The van der Waals surface area contributed by atoms with Gasteiger partial charge < -0.3 is 5.32 Å². The van der Waals surface area contributed by atoms with Crippen molar-refractivity contribution in [1.29, 1.82) is 0 Å². The number of anilines is 1. The van der Waals surface area contributed by atoms with Crippen LogP contribution in [0, 0.1) is 17.0 Å². The minimum atomic E-state index is -2.96. The smallest absolute Gasteiger partial charge is 0.271 e. The van der Waals surface area contributed by atoms with E-state index in [2.05, 4.69) is 5.32 Å². The van der Waals surface area contributed by atoms with Gasteiger partial charge >= 0.3 is 0 Å². The summed E-state index contributed by atoms with van der Waals surface area (Å²) in [5.74, 6) is 0.105. The SMILES string of the molecule is Cc1ccc([N+](=O)[O-])cc1NCCCS(C)(=O)=O. The quantitative estimate of drug-likeness (QED) is 0.484. The Kier molecular flexibility index (Phi) is 4.66. The molecule has 1 N–H and O–H groups in total. The van der Waals surface area contributed by atoms with E-state index in [0.717, 1.165) is 5.56 Å². The second-order valence-corrected chi connectivity index (χ2v) is 6.43. The lowest BCUT2D eigenvalue weighted by Crippen LogP contribution is -2.10. The Morgan fingerprint density at radius 2 is 2.06 bits per heavy atom. The van der Waals surface area contributed by atoms with E-state index >= 15 is 0 Å². The third-order valence-corrected chi connectivity index (χ3v) is 3.47. The Bertz CT molecular complexity index is 540. The summed E-state index contributed by atoms with van der Waals surface area (Å²) in [6.45, 7) is 2.30. The Balaban J connectivity index is 2.61. The van der Waals surface area contributed by atoms with E-state index in [1.54, 1.807) is 6.07 Å². The minimum Gasteiger partial charge on any atom is -0.385 e. The Morgan fingerprint density at radius 1 is 1.39 bits per heavy atom. The van der Waals surface area contributed by atoms with E-state index < -0.39 is 14.8 Å². The summed E-state index contributed by atoms with van der Waals surface area (Å²) in [7, 11) is -2.96. The molecule has 0 atom stereocenters. The fourth-order valence-corrected chi connectivity index (χ4v) is 2.14. The maximum atomic E-state index is 10.9. The van der Waals surface area contributed by atoms with Crippen LogP contribution in [0.4, 0.5) is 11.4 Å². The first kappa shape index (κ1) is 14.4. The Morgan fingerprint density at radius 3 is 2.61 bits per heavy atom. The van der Waals surface area contributed by atoms with Crippen molar-refractivity contribution in [2.45, 2.75) is 13.3 Å². The lowest BCUT2D eigenvalue weighted by molar-refractivity contribution is -0.384. The highest BCUT2D eigenvalue weighted by atomic mass is 32.2. The molecule has 100 valence electrons. The molecule has 1 rings (SSSR count). The number of hydrogen-bond donors (Lipinski definition) is 1. The van der Waals surface area contributed by atoms with Gasteiger partial charge in [-0.1, -0.05) is 6.07 Å². The molecule has 0 saturated heterocycles. The van der Waals surface area contributed by atoms with Gasteiger partial charge in [0.2, 0.25) is 0 Å². The maximum absolute atomic E-state index is 10.9. The topological polar surface area (TPSA) is 89.3 Å². The first-order chi connectivity index (χ1) is 8.29. The lowest BCUT2D eigenvalue weighted by Gasteiger charge is -2.08. The number of nitro benzene ring substituents is 1. The third-order valence-electron chi connectivity index (χ3n) is 2.44. The molecule has 0 spiro atoms. The molecular formula is C11H16N2O4S. The maximum Gasteiger partial charge on any atom is 0.271 e. The van der Waals surface area contributed by atoms with Crippen molar-refractivity contribution in [2.24, 2.45) is 0 Å². The molecule has 0 unspecified atom stereocenters. The highest BCUT2D eigenvalue weighted by molar-refractivity contribution is 7.90. The van der Waals surface area contributed by atoms with Crippen LogP contribution in [0.2, 0.25) is 0 Å². The van der Waals surface area contributed by atoms with Crippen molar-refractivity contribution in [3.05, 3.63) is 33.9 Å². The van der Waals surface area contributed by atoms with E-state index in [-0.39, 0.29) is 11.4 Å². The molecule has 0 aliphatic rings. The zero-order valence-electron chi connectivity index (χ0n) is 10.3. The van der Waals surface area contributed by atoms with E-state index in [1.165, 1.54) is 18.4 Å². The molecule has 0 heterocycles. The summed E-state index contributed by atoms with van der Waals surface area (Å²) >= 11 is 0. The highest BCUT2D eigenvalue weighted by Crippen LogP contribution is 2.21. The molecule has 7 heteroatoms. The summed E-state index contributed by atoms with van der Waals surface area (Å²) in [5, 5.41) is 13.6. The average molecular weight is 272 g/mol. The molecule has 0 fully saturated rings. The van der Waals surface area contributed by atoms with Crippen LogP contribution >= 0.6 is 0 Å². The summed E-state index contributed by atoms with van der Waals surface area (Å²) in [6.07, 6.45) is 1.66. The summed E-state index contributed by atoms with van der Waals surface area (Å²) in [6, 6.07) is 4.56. The first-order valence-electron chi connectivity index (χ1n) is 5.46. The van der Waals surface area contributed by atoms with Crippen LogP contribution in [-0.2, 0) is 9.84 Å². The summed E-state index contributed by atoms with van der Waals surface area (Å²) in [5.41, 5.74) is 1.57. The van der Waals surface area contributed by atoms with Gasteiger partial charge in [0, 0.05) is 30.6 Å². The number of non-ortho nitro benzene ring substituents is 1. The zero-order valence-corrected chi connectivity index (χ0v) is 11.2. The number of nitrogens with zero attached hydrogens (tertiary/aromatic N) is 1. The Hall–Kier alpha value is -1.63. The van der Waals surface area contributed by atoms with Crippen molar-refractivity contribution in [1.82, 2.24) is 0 Å². The van der Waals surface area contributed by atoms with Crippen LogP contribution in [0.25, 0.3) is 0 Å². The molecule has 0 aliphatic carbocycles. The fourth-order valence-electron chi connectivity index (χ4n) is 1.47. The molecule has 0 amide bonds. The first-order valence-corrected chi connectivity index (χ1v) is 7.52. The largest absolute Gasteiger partial charge is 0.385 e. The Labute approximate surface area is 106 Å². The van der Waals surface area contributed by atoms with Crippen molar-refractivity contribution < 1.29 is 13.3 Å². The van der Waals surface area contributed by atoms with Crippen LogP contribution in [-0.4, -0.2) is 31.9 Å². The molecule has 0 aliphatic heterocycles. The average Bonchev–Trinajstić information content (AvgIpc) is 2.24. The summed E-state index contributed by atoms with van der Waals surface area (Å²) < 4.78 is 21.9. The number of sulfone groups is 1. The number of hydrogen-bond acceptors (Lipinski definition) is 5. The second-order valence-electron chi connectivity index (χ2n) is 4.17. The van der Waals surface area contributed by atoms with Crippen LogP contribution < -0.4 is 5.32 Å². The van der Waals surface area contributed by atoms with Crippen molar-refractivity contribution in [3.63, 3.8) is 0 Å². The van der Waals surface area contributed by atoms with Crippen molar-refractivity contribution in [3.8, 4) is 0 Å². The third kappa shape index (κ3) is 4.70. The molecule has 18 heavy (non-hydrogen) atoms. The molecule has 1 aromatic carbocycles. The predicted molar refractivity (Wildman–Crippen MR) is 70.7 cm³/mol. The van der Waals surface area contributed by atoms with Gasteiger partial charge in [0.15, 0.2) is 0 Å². The van der Waals surface area contributed by atoms with Gasteiger partial charge in [-0.2, -0.15) is 0 Å².